The molecule has 1 aliphatic heterocycles. The van der Waals surface area contributed by atoms with Crippen molar-refractivity contribution < 1.29 is 9.59 Å². The smallest absolute Gasteiger partial charge is 0.319 e. The van der Waals surface area contributed by atoms with E-state index in [-0.39, 0.29) is 11.9 Å². The van der Waals surface area contributed by atoms with Gasteiger partial charge in [0, 0.05) is 31.2 Å². The van der Waals surface area contributed by atoms with Gasteiger partial charge in [0.25, 0.3) is 5.91 Å². The second-order valence-corrected chi connectivity index (χ2v) is 6.83. The van der Waals surface area contributed by atoms with Gasteiger partial charge >= 0.3 is 6.03 Å². The number of amides is 3. The van der Waals surface area contributed by atoms with E-state index >= 15 is 0 Å². The number of para-hydroxylation sites is 1. The maximum absolute atomic E-state index is 13.0. The summed E-state index contributed by atoms with van der Waals surface area (Å²) in [5.41, 5.74) is 4.67. The fourth-order valence-corrected chi connectivity index (χ4v) is 3.11. The number of hydrogen-bond donors (Lipinski definition) is 3. The summed E-state index contributed by atoms with van der Waals surface area (Å²) in [6.07, 6.45) is 0. The molecule has 3 N–H and O–H groups in total. The van der Waals surface area contributed by atoms with Crippen LogP contribution in [0.25, 0.3) is 0 Å². The molecular formula is C21H24N4O2. The number of nitrogens with zero attached hydrogens (tertiary/aromatic N) is 1. The Morgan fingerprint density at radius 2 is 1.70 bits per heavy atom. The third-order valence-electron chi connectivity index (χ3n) is 4.65. The van der Waals surface area contributed by atoms with Crippen LogP contribution in [0.5, 0.6) is 0 Å². The Morgan fingerprint density at radius 3 is 2.33 bits per heavy atom. The Morgan fingerprint density at radius 1 is 1.04 bits per heavy atom. The van der Waals surface area contributed by atoms with Crippen molar-refractivity contribution in [3.05, 3.63) is 70.9 Å². The van der Waals surface area contributed by atoms with Crippen molar-refractivity contribution in [3.8, 4) is 0 Å². The van der Waals surface area contributed by atoms with Crippen molar-refractivity contribution in [1.29, 1.82) is 0 Å². The van der Waals surface area contributed by atoms with Crippen LogP contribution >= 0.6 is 0 Å². The fraction of sp³-hybridized carbons (Fsp3) is 0.238. The predicted molar refractivity (Wildman–Crippen MR) is 108 cm³/mol. The number of anilines is 2. The van der Waals surface area contributed by atoms with E-state index in [1.54, 1.807) is 6.92 Å². The second-order valence-electron chi connectivity index (χ2n) is 6.83. The first-order valence-electron chi connectivity index (χ1n) is 8.79. The zero-order valence-electron chi connectivity index (χ0n) is 16.0. The number of rotatable bonds is 4. The molecule has 3 amide bonds. The normalized spacial score (nSPS) is 16.4. The van der Waals surface area contributed by atoms with Gasteiger partial charge in [-0.05, 0) is 43.2 Å². The molecular weight excluding hydrogens is 340 g/mol. The highest BCUT2D eigenvalue weighted by Gasteiger charge is 2.31. The summed E-state index contributed by atoms with van der Waals surface area (Å²) >= 11 is 0. The molecule has 6 heteroatoms. The summed E-state index contributed by atoms with van der Waals surface area (Å²) in [7, 11) is 3.93. The van der Waals surface area contributed by atoms with Crippen LogP contribution in [-0.2, 0) is 4.79 Å². The van der Waals surface area contributed by atoms with E-state index in [4.69, 9.17) is 0 Å². The second kappa shape index (κ2) is 7.53. The first-order chi connectivity index (χ1) is 12.9. The molecule has 1 heterocycles. The lowest BCUT2D eigenvalue weighted by Gasteiger charge is -2.29. The molecule has 2 aromatic rings. The maximum Gasteiger partial charge on any atom is 0.319 e. The van der Waals surface area contributed by atoms with E-state index < -0.39 is 6.04 Å². The van der Waals surface area contributed by atoms with Gasteiger partial charge in [-0.15, -0.1) is 0 Å². The highest BCUT2D eigenvalue weighted by molar-refractivity contribution is 6.07. The standard InChI is InChI=1S/C21H24N4O2/c1-13-7-5-6-8-17(13)23-20(26)18-14(2)22-21(27)24-19(18)15-9-11-16(12-10-15)25(3)4/h5-12,19H,1-4H3,(H,23,26)(H2,22,24,27)/t19-/m1/s1. The lowest BCUT2D eigenvalue weighted by Crippen LogP contribution is -2.46. The van der Waals surface area contributed by atoms with Crippen LogP contribution < -0.4 is 20.9 Å². The van der Waals surface area contributed by atoms with Crippen molar-refractivity contribution in [2.75, 3.05) is 24.3 Å². The van der Waals surface area contributed by atoms with E-state index in [2.05, 4.69) is 16.0 Å². The predicted octanol–water partition coefficient (Wildman–Crippen LogP) is 3.33. The number of carbonyl (C=O) groups is 2. The minimum absolute atomic E-state index is 0.240. The van der Waals surface area contributed by atoms with Crippen LogP contribution in [0.15, 0.2) is 59.8 Å². The van der Waals surface area contributed by atoms with Crippen LogP contribution in [0.1, 0.15) is 24.1 Å². The molecule has 0 aliphatic carbocycles. The third-order valence-corrected chi connectivity index (χ3v) is 4.65. The molecule has 0 saturated heterocycles. The number of urea groups is 1. The largest absolute Gasteiger partial charge is 0.378 e. The maximum atomic E-state index is 13.0. The summed E-state index contributed by atoms with van der Waals surface area (Å²) in [5, 5.41) is 8.52. The van der Waals surface area contributed by atoms with Crippen molar-refractivity contribution >= 4 is 23.3 Å². The Hall–Kier alpha value is -3.28. The molecule has 0 aromatic heterocycles. The molecule has 0 fully saturated rings. The van der Waals surface area contributed by atoms with Crippen LogP contribution in [0.3, 0.4) is 0 Å². The third kappa shape index (κ3) is 3.95. The van der Waals surface area contributed by atoms with Crippen LogP contribution in [0, 0.1) is 6.92 Å². The van der Waals surface area contributed by atoms with Gasteiger partial charge in [0.1, 0.15) is 0 Å². The lowest BCUT2D eigenvalue weighted by atomic mass is 9.94. The number of nitrogens with one attached hydrogen (secondary N) is 3. The van der Waals surface area contributed by atoms with Crippen LogP contribution in [0.4, 0.5) is 16.2 Å². The summed E-state index contributed by atoms with van der Waals surface area (Å²) in [5.74, 6) is -0.240. The molecule has 3 rings (SSSR count). The highest BCUT2D eigenvalue weighted by Crippen LogP contribution is 2.29. The molecule has 1 aliphatic rings. The van der Waals surface area contributed by atoms with Crippen LogP contribution in [0.2, 0.25) is 0 Å². The minimum Gasteiger partial charge on any atom is -0.378 e. The van der Waals surface area contributed by atoms with Crippen molar-refractivity contribution in [3.63, 3.8) is 0 Å². The van der Waals surface area contributed by atoms with Gasteiger partial charge in [-0.25, -0.2) is 4.79 Å². The topological polar surface area (TPSA) is 73.5 Å². The van der Waals surface area contributed by atoms with Gasteiger partial charge in [0.2, 0.25) is 0 Å². The van der Waals surface area contributed by atoms with Crippen molar-refractivity contribution in [2.24, 2.45) is 0 Å². The van der Waals surface area contributed by atoms with Gasteiger partial charge in [-0.3, -0.25) is 4.79 Å². The average molecular weight is 364 g/mol. The van der Waals surface area contributed by atoms with E-state index in [1.165, 1.54) is 0 Å². The monoisotopic (exact) mass is 364 g/mol. The molecule has 1 atom stereocenters. The Kier molecular flexibility index (Phi) is 5.16. The molecule has 27 heavy (non-hydrogen) atoms. The van der Waals surface area contributed by atoms with E-state index in [1.807, 2.05) is 74.4 Å². The number of carbonyl (C=O) groups excluding carboxylic acids is 2. The molecule has 0 spiro atoms. The molecule has 2 aromatic carbocycles. The summed E-state index contributed by atoms with van der Waals surface area (Å²) in [6.45, 7) is 3.68. The number of allylic oxidation sites excluding steroid dienone is 1. The Balaban J connectivity index is 1.94. The number of benzene rings is 2. The quantitative estimate of drug-likeness (QED) is 0.779. The van der Waals surface area contributed by atoms with Crippen molar-refractivity contribution in [2.45, 2.75) is 19.9 Å². The zero-order valence-corrected chi connectivity index (χ0v) is 16.0. The van der Waals surface area contributed by atoms with E-state index in [9.17, 15) is 9.59 Å². The minimum atomic E-state index is -0.515. The lowest BCUT2D eigenvalue weighted by molar-refractivity contribution is -0.113. The average Bonchev–Trinajstić information content (AvgIpc) is 2.63. The zero-order chi connectivity index (χ0) is 19.6. The molecule has 0 saturated carbocycles. The summed E-state index contributed by atoms with van der Waals surface area (Å²) in [6, 6.07) is 14.6. The van der Waals surface area contributed by atoms with Gasteiger partial charge in [-0.1, -0.05) is 30.3 Å². The molecule has 140 valence electrons. The van der Waals surface area contributed by atoms with Crippen LogP contribution in [-0.4, -0.2) is 26.0 Å². The number of hydrogen-bond acceptors (Lipinski definition) is 3. The van der Waals surface area contributed by atoms with Gasteiger partial charge in [-0.2, -0.15) is 0 Å². The number of aryl methyl sites for hydroxylation is 1. The Bertz CT molecular complexity index is 901. The van der Waals surface area contributed by atoms with E-state index in [0.717, 1.165) is 22.5 Å². The summed E-state index contributed by atoms with van der Waals surface area (Å²) in [4.78, 5) is 27.0. The SMILES string of the molecule is CC1=C(C(=O)Nc2ccccc2C)[C@@H](c2ccc(N(C)C)cc2)NC(=O)N1. The van der Waals surface area contributed by atoms with Gasteiger partial charge in [0.05, 0.1) is 11.6 Å². The first kappa shape index (κ1) is 18.5. The van der Waals surface area contributed by atoms with E-state index in [0.29, 0.717) is 11.3 Å². The highest BCUT2D eigenvalue weighted by atomic mass is 16.2. The van der Waals surface area contributed by atoms with Crippen molar-refractivity contribution in [1.82, 2.24) is 10.6 Å². The van der Waals surface area contributed by atoms with Gasteiger partial charge < -0.3 is 20.9 Å². The molecule has 0 radical (unpaired) electrons. The molecule has 6 nitrogen and oxygen atoms in total. The Labute approximate surface area is 159 Å². The first-order valence-corrected chi connectivity index (χ1v) is 8.79. The fourth-order valence-electron chi connectivity index (χ4n) is 3.11. The summed E-state index contributed by atoms with van der Waals surface area (Å²) < 4.78 is 0. The molecule has 0 unspecified atom stereocenters. The van der Waals surface area contributed by atoms with Gasteiger partial charge in [0.15, 0.2) is 0 Å². The molecule has 0 bridgehead atoms.